The predicted molar refractivity (Wildman–Crippen MR) is 136 cm³/mol. The first kappa shape index (κ1) is 21.4. The molecule has 33 heavy (non-hydrogen) atoms. The summed E-state index contributed by atoms with van der Waals surface area (Å²) in [7, 11) is 0. The Morgan fingerprint density at radius 3 is 2.48 bits per heavy atom. The highest BCUT2D eigenvalue weighted by atomic mass is 16.2. The Morgan fingerprint density at radius 2 is 1.70 bits per heavy atom. The molecule has 0 saturated heterocycles. The van der Waals surface area contributed by atoms with Crippen LogP contribution in [0.15, 0.2) is 78.9 Å². The van der Waals surface area contributed by atoms with Crippen molar-refractivity contribution in [1.82, 2.24) is 9.78 Å². The molecule has 5 rings (SSSR count). The molecule has 0 aliphatic heterocycles. The van der Waals surface area contributed by atoms with Crippen LogP contribution in [-0.2, 0) is 0 Å². The van der Waals surface area contributed by atoms with E-state index in [-0.39, 0.29) is 5.91 Å². The molecule has 0 amide bonds. The Hall–Kier alpha value is -3.46. The Kier molecular flexibility index (Phi) is 5.72. The predicted octanol–water partition coefficient (Wildman–Crippen LogP) is 7.69. The number of allylic oxidation sites excluding steroid dienone is 1. The van der Waals surface area contributed by atoms with Gasteiger partial charge in [0.05, 0.1) is 11.4 Å². The van der Waals surface area contributed by atoms with E-state index in [1.54, 1.807) is 10.8 Å². The second kappa shape index (κ2) is 8.82. The Morgan fingerprint density at radius 1 is 0.970 bits per heavy atom. The number of aromatic nitrogens is 2. The maximum absolute atomic E-state index is 13.6. The molecule has 0 fully saturated rings. The third-order valence-electron chi connectivity index (χ3n) is 6.98. The molecule has 2 atom stereocenters. The van der Waals surface area contributed by atoms with Gasteiger partial charge in [0.2, 0.25) is 0 Å². The highest BCUT2D eigenvalue weighted by Gasteiger charge is 2.35. The third kappa shape index (κ3) is 3.93. The number of nitrogens with zero attached hydrogens (tertiary/aromatic N) is 2. The maximum Gasteiger partial charge on any atom is 0.271 e. The lowest BCUT2D eigenvalue weighted by Crippen LogP contribution is -2.17. The van der Waals surface area contributed by atoms with Crippen LogP contribution in [0.2, 0.25) is 0 Å². The molecule has 3 nitrogen and oxygen atoms in total. The topological polar surface area (TPSA) is 34.9 Å². The first-order chi connectivity index (χ1) is 16.0. The first-order valence-corrected chi connectivity index (χ1v) is 11.9. The van der Waals surface area contributed by atoms with Crippen molar-refractivity contribution >= 4 is 22.8 Å². The van der Waals surface area contributed by atoms with Crippen LogP contribution in [0, 0.1) is 5.92 Å². The van der Waals surface area contributed by atoms with Gasteiger partial charge in [-0.1, -0.05) is 93.6 Å². The minimum absolute atomic E-state index is 0.106. The van der Waals surface area contributed by atoms with Crippen LogP contribution in [0.25, 0.3) is 28.1 Å². The lowest BCUT2D eigenvalue weighted by Gasteiger charge is -2.29. The standard InChI is InChI=1S/C30H30N2O/c1-20(2)24-18-16-21(3)28-29(24)31-32(27(33)19-17-22-10-5-4-6-11-22)30(28)26-15-9-13-23-12-7-8-14-25(23)26/h4-15,17,19-21,24H,16,18H2,1-3H3/b19-17+/t21-,24+/m0/s1. The molecule has 0 radical (unpaired) electrons. The summed E-state index contributed by atoms with van der Waals surface area (Å²) >= 11 is 0. The van der Waals surface area contributed by atoms with Crippen LogP contribution >= 0.6 is 0 Å². The summed E-state index contributed by atoms with van der Waals surface area (Å²) in [6.45, 7) is 6.80. The van der Waals surface area contributed by atoms with Crippen molar-refractivity contribution in [3.8, 4) is 11.3 Å². The van der Waals surface area contributed by atoms with E-state index in [1.807, 2.05) is 36.4 Å². The number of carbonyl (C=O) groups excluding carboxylic acids is 1. The highest BCUT2D eigenvalue weighted by Crippen LogP contribution is 2.47. The van der Waals surface area contributed by atoms with Crippen molar-refractivity contribution in [2.75, 3.05) is 0 Å². The number of carbonyl (C=O) groups is 1. The van der Waals surface area contributed by atoms with Gasteiger partial charge < -0.3 is 0 Å². The largest absolute Gasteiger partial charge is 0.271 e. The van der Waals surface area contributed by atoms with Crippen LogP contribution in [-0.4, -0.2) is 15.7 Å². The molecule has 3 aromatic carbocycles. The van der Waals surface area contributed by atoms with Crippen molar-refractivity contribution in [2.24, 2.45) is 5.92 Å². The maximum atomic E-state index is 13.6. The summed E-state index contributed by atoms with van der Waals surface area (Å²) in [5.74, 6) is 1.11. The molecule has 0 N–H and O–H groups in total. The lowest BCUT2D eigenvalue weighted by molar-refractivity contribution is 0.0956. The fourth-order valence-electron chi connectivity index (χ4n) is 5.22. The fraction of sp³-hybridized carbons (Fsp3) is 0.267. The average Bonchev–Trinajstić information content (AvgIpc) is 3.24. The Bertz CT molecular complexity index is 1320. The van der Waals surface area contributed by atoms with E-state index in [1.165, 1.54) is 10.9 Å². The SMILES string of the molecule is CC(C)[C@H]1CC[C@H](C)c2c1nn(C(=O)/C=C/c1ccccc1)c2-c1cccc2ccccc12. The van der Waals surface area contributed by atoms with E-state index >= 15 is 0 Å². The Labute approximate surface area is 195 Å². The van der Waals surface area contributed by atoms with Gasteiger partial charge in [0.15, 0.2) is 0 Å². The summed E-state index contributed by atoms with van der Waals surface area (Å²) in [4.78, 5) is 13.6. The van der Waals surface area contributed by atoms with Crippen LogP contribution in [0.3, 0.4) is 0 Å². The first-order valence-electron chi connectivity index (χ1n) is 11.9. The van der Waals surface area contributed by atoms with Crippen molar-refractivity contribution in [3.63, 3.8) is 0 Å². The molecule has 1 aromatic heterocycles. The summed E-state index contributed by atoms with van der Waals surface area (Å²) < 4.78 is 1.67. The molecule has 0 spiro atoms. The molecule has 0 saturated carbocycles. The highest BCUT2D eigenvalue weighted by molar-refractivity contribution is 6.01. The van der Waals surface area contributed by atoms with E-state index in [4.69, 9.17) is 5.10 Å². The number of hydrogen-bond acceptors (Lipinski definition) is 2. The summed E-state index contributed by atoms with van der Waals surface area (Å²) in [6, 6.07) is 24.7. The quantitative estimate of drug-likeness (QED) is 0.309. The van der Waals surface area contributed by atoms with Gasteiger partial charge in [-0.2, -0.15) is 9.78 Å². The Balaban J connectivity index is 1.73. The van der Waals surface area contributed by atoms with Gasteiger partial charge in [-0.05, 0) is 47.1 Å². The molecule has 1 aliphatic rings. The van der Waals surface area contributed by atoms with Crippen molar-refractivity contribution in [1.29, 1.82) is 0 Å². The van der Waals surface area contributed by atoms with Gasteiger partial charge >= 0.3 is 0 Å². The second-order valence-electron chi connectivity index (χ2n) is 9.50. The van der Waals surface area contributed by atoms with Crippen LogP contribution in [0.5, 0.6) is 0 Å². The molecule has 0 bridgehead atoms. The normalized spacial score (nSPS) is 18.2. The zero-order chi connectivity index (χ0) is 22.9. The molecule has 1 aliphatic carbocycles. The lowest BCUT2D eigenvalue weighted by atomic mass is 9.75. The van der Waals surface area contributed by atoms with E-state index in [9.17, 15) is 4.79 Å². The van der Waals surface area contributed by atoms with E-state index in [0.717, 1.165) is 40.7 Å². The molecular weight excluding hydrogens is 404 g/mol. The molecule has 1 heterocycles. The van der Waals surface area contributed by atoms with Gasteiger partial charge in [-0.3, -0.25) is 4.79 Å². The van der Waals surface area contributed by atoms with Crippen molar-refractivity contribution < 1.29 is 4.79 Å². The molecule has 4 aromatic rings. The van der Waals surface area contributed by atoms with Gasteiger partial charge in [-0.15, -0.1) is 0 Å². The van der Waals surface area contributed by atoms with Crippen LogP contribution in [0.4, 0.5) is 0 Å². The molecule has 166 valence electrons. The number of rotatable bonds is 4. The van der Waals surface area contributed by atoms with Gasteiger partial charge in [0.1, 0.15) is 0 Å². The average molecular weight is 435 g/mol. The second-order valence-corrected chi connectivity index (χ2v) is 9.50. The molecule has 0 unspecified atom stereocenters. The monoisotopic (exact) mass is 434 g/mol. The van der Waals surface area contributed by atoms with Gasteiger partial charge in [-0.25, -0.2) is 0 Å². The zero-order valence-electron chi connectivity index (χ0n) is 19.5. The van der Waals surface area contributed by atoms with E-state index < -0.39 is 0 Å². The molecular formula is C30H30N2O. The van der Waals surface area contributed by atoms with Crippen LogP contribution < -0.4 is 0 Å². The van der Waals surface area contributed by atoms with Gasteiger partial charge in [0, 0.05) is 23.1 Å². The summed E-state index contributed by atoms with van der Waals surface area (Å²) in [5, 5.41) is 7.34. The zero-order valence-corrected chi connectivity index (χ0v) is 19.5. The van der Waals surface area contributed by atoms with Crippen LogP contribution in [0.1, 0.15) is 67.1 Å². The van der Waals surface area contributed by atoms with Crippen molar-refractivity contribution in [2.45, 2.75) is 45.4 Å². The smallest absolute Gasteiger partial charge is 0.267 e. The third-order valence-corrected chi connectivity index (χ3v) is 6.98. The minimum atomic E-state index is -0.106. The number of benzene rings is 3. The summed E-state index contributed by atoms with van der Waals surface area (Å²) in [6.07, 6.45) is 5.76. The number of fused-ring (bicyclic) bond motifs is 2. The van der Waals surface area contributed by atoms with Gasteiger partial charge in [0.25, 0.3) is 5.91 Å². The molecule has 3 heteroatoms. The fourth-order valence-corrected chi connectivity index (χ4v) is 5.22. The van der Waals surface area contributed by atoms with E-state index in [2.05, 4.69) is 63.2 Å². The van der Waals surface area contributed by atoms with Crippen molar-refractivity contribution in [3.05, 3.63) is 95.7 Å². The van der Waals surface area contributed by atoms with E-state index in [0.29, 0.717) is 17.8 Å². The summed E-state index contributed by atoms with van der Waals surface area (Å²) in [5.41, 5.74) is 5.40. The number of hydrogen-bond donors (Lipinski definition) is 0. The minimum Gasteiger partial charge on any atom is -0.267 e.